The van der Waals surface area contributed by atoms with Crippen LogP contribution in [0.25, 0.3) is 22.9 Å². The number of nitrogens with one attached hydrogen (secondary N) is 2. The predicted molar refractivity (Wildman–Crippen MR) is 189 cm³/mol. The Balaban J connectivity index is 1.48. The SMILES string of the molecule is COc1ccccc1Oc1c(NS(=O)(=O)c2ccc(C(C)C)cn2)nc(-c2ccnc(-c3nnn[nH]3)c2)nc1OCCOC(=O)CCCCCO[N+](=O)[O-]. The number of ether oxygens (including phenoxy) is 4. The Hall–Kier alpha value is -6.51. The summed E-state index contributed by atoms with van der Waals surface area (Å²) in [5.74, 6) is -0.416. The van der Waals surface area contributed by atoms with Crippen LogP contribution in [0.4, 0.5) is 5.82 Å². The molecule has 0 fully saturated rings. The Morgan fingerprint density at radius 2 is 1.81 bits per heavy atom. The molecule has 0 unspecified atom stereocenters. The second kappa shape index (κ2) is 18.3. The van der Waals surface area contributed by atoms with Crippen LogP contribution in [0.2, 0.25) is 0 Å². The van der Waals surface area contributed by atoms with Crippen LogP contribution in [0.5, 0.6) is 23.1 Å². The Bertz CT molecular complexity index is 2140. The summed E-state index contributed by atoms with van der Waals surface area (Å²) in [7, 11) is -2.93. The summed E-state index contributed by atoms with van der Waals surface area (Å²) in [5, 5.41) is 22.8. The molecule has 0 aliphatic heterocycles. The van der Waals surface area contributed by atoms with Gasteiger partial charge in [0.1, 0.15) is 18.9 Å². The smallest absolute Gasteiger partial charge is 0.305 e. The molecule has 20 nitrogen and oxygen atoms in total. The number of hydrogen-bond donors (Lipinski definition) is 2. The molecule has 0 radical (unpaired) electrons. The van der Waals surface area contributed by atoms with E-state index in [-0.39, 0.29) is 72.0 Å². The van der Waals surface area contributed by atoms with Crippen molar-refractivity contribution in [3.8, 4) is 46.0 Å². The second-order valence-electron chi connectivity index (χ2n) is 11.6. The fourth-order valence-electron chi connectivity index (χ4n) is 4.72. The lowest BCUT2D eigenvalue weighted by molar-refractivity contribution is -0.757. The van der Waals surface area contributed by atoms with E-state index < -0.39 is 21.1 Å². The number of anilines is 1. The van der Waals surface area contributed by atoms with E-state index in [9.17, 15) is 23.3 Å². The van der Waals surface area contributed by atoms with Gasteiger partial charge in [0, 0.05) is 24.4 Å². The van der Waals surface area contributed by atoms with Crippen molar-refractivity contribution in [2.45, 2.75) is 50.5 Å². The minimum atomic E-state index is -4.37. The number of rotatable bonds is 20. The average molecular weight is 765 g/mol. The number of tetrazole rings is 1. The zero-order valence-electron chi connectivity index (χ0n) is 29.4. The van der Waals surface area contributed by atoms with Gasteiger partial charge in [0.2, 0.25) is 5.75 Å². The first-order chi connectivity index (χ1) is 26.0. The van der Waals surface area contributed by atoms with Crippen LogP contribution in [0, 0.1) is 10.1 Å². The van der Waals surface area contributed by atoms with Gasteiger partial charge in [-0.3, -0.25) is 14.5 Å². The third kappa shape index (κ3) is 10.5. The van der Waals surface area contributed by atoms with E-state index >= 15 is 0 Å². The zero-order chi connectivity index (χ0) is 38.5. The van der Waals surface area contributed by atoms with Gasteiger partial charge in [-0.25, -0.2) is 15.1 Å². The van der Waals surface area contributed by atoms with Gasteiger partial charge >= 0.3 is 5.97 Å². The van der Waals surface area contributed by atoms with E-state index in [1.165, 1.54) is 25.6 Å². The highest BCUT2D eigenvalue weighted by Crippen LogP contribution is 2.41. The number of nitrogens with zero attached hydrogens (tertiary/aromatic N) is 8. The molecule has 0 spiro atoms. The number of sulfonamides is 1. The monoisotopic (exact) mass is 764 g/mol. The van der Waals surface area contributed by atoms with Crippen molar-refractivity contribution in [2.75, 3.05) is 31.7 Å². The molecule has 5 rings (SSSR count). The van der Waals surface area contributed by atoms with Crippen molar-refractivity contribution >= 4 is 21.8 Å². The van der Waals surface area contributed by atoms with Crippen LogP contribution in [0.3, 0.4) is 0 Å². The number of unbranched alkanes of at least 4 members (excludes halogenated alkanes) is 2. The van der Waals surface area contributed by atoms with Crippen molar-refractivity contribution in [3.05, 3.63) is 76.6 Å². The lowest BCUT2D eigenvalue weighted by Crippen LogP contribution is -2.18. The number of carbonyl (C=O) groups excluding carboxylic acids is 1. The van der Waals surface area contributed by atoms with Crippen LogP contribution < -0.4 is 18.9 Å². The quantitative estimate of drug-likeness (QED) is 0.0477. The number of esters is 1. The van der Waals surface area contributed by atoms with Crippen molar-refractivity contribution < 1.29 is 42.1 Å². The maximum absolute atomic E-state index is 13.8. The molecule has 54 heavy (non-hydrogen) atoms. The summed E-state index contributed by atoms with van der Waals surface area (Å²) in [5.41, 5.74) is 1.55. The first-order valence-electron chi connectivity index (χ1n) is 16.5. The van der Waals surface area contributed by atoms with Crippen LogP contribution in [-0.4, -0.2) is 87.0 Å². The average Bonchev–Trinajstić information content (AvgIpc) is 3.71. The van der Waals surface area contributed by atoms with Crippen LogP contribution >= 0.6 is 0 Å². The van der Waals surface area contributed by atoms with Crippen molar-refractivity contribution in [3.63, 3.8) is 0 Å². The lowest BCUT2D eigenvalue weighted by atomic mass is 10.1. The molecular formula is C33H36N10O10S. The van der Waals surface area contributed by atoms with Gasteiger partial charge in [-0.1, -0.05) is 38.5 Å². The summed E-state index contributed by atoms with van der Waals surface area (Å²) in [6.45, 7) is 3.42. The van der Waals surface area contributed by atoms with Gasteiger partial charge < -0.3 is 23.8 Å². The molecule has 5 aromatic rings. The van der Waals surface area contributed by atoms with E-state index in [0.29, 0.717) is 36.3 Å². The summed E-state index contributed by atoms with van der Waals surface area (Å²) in [6.07, 6.45) is 4.38. The fourth-order valence-corrected chi connectivity index (χ4v) is 5.66. The second-order valence-corrected chi connectivity index (χ2v) is 13.2. The first-order valence-corrected chi connectivity index (χ1v) is 18.0. The minimum absolute atomic E-state index is 0.00707. The number of benzene rings is 1. The normalized spacial score (nSPS) is 11.2. The number of hydrogen-bond acceptors (Lipinski definition) is 17. The van der Waals surface area contributed by atoms with Crippen molar-refractivity contribution in [1.29, 1.82) is 0 Å². The van der Waals surface area contributed by atoms with Gasteiger partial charge in [-0.2, -0.15) is 13.4 Å². The van der Waals surface area contributed by atoms with E-state index in [1.54, 1.807) is 42.5 Å². The molecule has 0 aliphatic carbocycles. The number of H-pyrrole nitrogens is 1. The molecule has 0 bridgehead atoms. The van der Waals surface area contributed by atoms with Gasteiger partial charge in [0.25, 0.3) is 21.0 Å². The Labute approximate surface area is 308 Å². The number of para-hydroxylation sites is 2. The molecule has 4 aromatic heterocycles. The van der Waals surface area contributed by atoms with Gasteiger partial charge in [-0.15, -0.1) is 15.2 Å². The molecule has 1 aromatic carbocycles. The number of aromatic nitrogens is 8. The highest BCUT2D eigenvalue weighted by Gasteiger charge is 2.26. The Kier molecular flexibility index (Phi) is 13.1. The fraction of sp³-hybridized carbons (Fsp3) is 0.333. The van der Waals surface area contributed by atoms with Crippen LogP contribution in [0.15, 0.2) is 66.0 Å². The molecule has 0 saturated heterocycles. The van der Waals surface area contributed by atoms with Crippen molar-refractivity contribution in [2.24, 2.45) is 0 Å². The summed E-state index contributed by atoms with van der Waals surface area (Å²) < 4.78 is 53.1. The topological polar surface area (TPSA) is 259 Å². The molecule has 21 heteroatoms. The number of pyridine rings is 2. The Morgan fingerprint density at radius 1 is 1.00 bits per heavy atom. The van der Waals surface area contributed by atoms with E-state index in [1.807, 2.05) is 13.8 Å². The summed E-state index contributed by atoms with van der Waals surface area (Å²) >= 11 is 0. The molecule has 0 atom stereocenters. The Morgan fingerprint density at radius 3 is 2.52 bits per heavy atom. The molecule has 4 heterocycles. The highest BCUT2D eigenvalue weighted by atomic mass is 32.2. The lowest BCUT2D eigenvalue weighted by Gasteiger charge is -2.18. The number of carbonyl (C=O) groups is 1. The third-order valence-electron chi connectivity index (χ3n) is 7.46. The van der Waals surface area contributed by atoms with Gasteiger partial charge in [0.15, 0.2) is 34.0 Å². The molecule has 0 aliphatic rings. The molecule has 0 amide bonds. The minimum Gasteiger partial charge on any atom is -0.493 e. The zero-order valence-corrected chi connectivity index (χ0v) is 30.2. The third-order valence-corrected chi connectivity index (χ3v) is 8.72. The van der Waals surface area contributed by atoms with Gasteiger partial charge in [0.05, 0.1) is 13.7 Å². The number of aromatic amines is 1. The molecule has 284 valence electrons. The van der Waals surface area contributed by atoms with E-state index in [0.717, 1.165) is 5.56 Å². The van der Waals surface area contributed by atoms with Crippen LogP contribution in [0.1, 0.15) is 51.0 Å². The van der Waals surface area contributed by atoms with Gasteiger partial charge in [-0.05, 0) is 65.1 Å². The van der Waals surface area contributed by atoms with E-state index in [4.69, 9.17) is 18.9 Å². The molecule has 0 saturated carbocycles. The maximum atomic E-state index is 13.8. The number of methoxy groups -OCH3 is 1. The van der Waals surface area contributed by atoms with Crippen LogP contribution in [-0.2, 0) is 24.4 Å². The highest BCUT2D eigenvalue weighted by molar-refractivity contribution is 7.92. The largest absolute Gasteiger partial charge is 0.493 e. The summed E-state index contributed by atoms with van der Waals surface area (Å²) in [4.78, 5) is 44.5. The standard InChI is InChI=1S/C33H36N10O10S/c1-21(2)23-12-13-27(35-20-23)54(47,48)40-32-29(53-26-10-7-6-9-25(26)49-3)33(51-18-17-50-28(44)11-5-4-8-16-52-43(45)46)37-30(36-32)22-14-15-34-24(19-22)31-38-41-42-39-31/h6-7,9-10,12-15,19-21H,4-5,8,11,16-18H2,1-3H3,(H,36,37,40)(H,38,39,41,42). The van der Waals surface area contributed by atoms with E-state index in [2.05, 4.69) is 50.1 Å². The first kappa shape index (κ1) is 38.7. The molecule has 2 N–H and O–H groups in total. The maximum Gasteiger partial charge on any atom is 0.305 e. The summed E-state index contributed by atoms with van der Waals surface area (Å²) in [6, 6.07) is 12.9. The predicted octanol–water partition coefficient (Wildman–Crippen LogP) is 4.53. The van der Waals surface area contributed by atoms with Crippen molar-refractivity contribution in [1.82, 2.24) is 40.6 Å². The molecular weight excluding hydrogens is 728 g/mol.